The molecule has 110 valence electrons. The second-order valence-electron chi connectivity index (χ2n) is 5.17. The van der Waals surface area contributed by atoms with Gasteiger partial charge in [0, 0.05) is 41.3 Å². The number of benzene rings is 2. The van der Waals surface area contributed by atoms with Crippen LogP contribution in [0.25, 0.3) is 10.9 Å². The van der Waals surface area contributed by atoms with Gasteiger partial charge in [0.25, 0.3) is 5.69 Å². The minimum Gasteiger partial charge on any atom is -0.342 e. The van der Waals surface area contributed by atoms with Crippen molar-refractivity contribution in [2.75, 3.05) is 0 Å². The second-order valence-corrected chi connectivity index (χ2v) is 5.17. The first-order chi connectivity index (χ1) is 10.6. The van der Waals surface area contributed by atoms with Gasteiger partial charge in [0.1, 0.15) is 0 Å². The Bertz CT molecular complexity index is 863. The zero-order chi connectivity index (χ0) is 15.7. The summed E-state index contributed by atoms with van der Waals surface area (Å²) in [6.45, 7) is 2.11. The molecule has 0 aliphatic heterocycles. The van der Waals surface area contributed by atoms with E-state index in [4.69, 9.17) is 0 Å². The van der Waals surface area contributed by atoms with E-state index in [2.05, 4.69) is 0 Å². The van der Waals surface area contributed by atoms with E-state index in [9.17, 15) is 14.9 Å². The number of fused-ring (bicyclic) bond motifs is 1. The molecule has 0 aliphatic carbocycles. The van der Waals surface area contributed by atoms with Crippen LogP contribution in [0.3, 0.4) is 0 Å². The Balaban J connectivity index is 2.00. The largest absolute Gasteiger partial charge is 0.342 e. The van der Waals surface area contributed by atoms with Gasteiger partial charge in [-0.15, -0.1) is 0 Å². The summed E-state index contributed by atoms with van der Waals surface area (Å²) in [5.41, 5.74) is 2.69. The molecule has 5 nitrogen and oxygen atoms in total. The molecule has 0 atom stereocenters. The minimum absolute atomic E-state index is 0.0265. The number of Topliss-reactive ketones (excluding diaryl/α,β-unsaturated/α-hetero) is 1. The van der Waals surface area contributed by atoms with E-state index >= 15 is 0 Å². The fraction of sp³-hybridized carbons (Fsp3) is 0.118. The molecular weight excluding hydrogens is 280 g/mol. The molecular formula is C17H14N2O3. The summed E-state index contributed by atoms with van der Waals surface area (Å²) in [7, 11) is 0. The highest BCUT2D eigenvalue weighted by molar-refractivity contribution is 6.06. The molecule has 5 heteroatoms. The van der Waals surface area contributed by atoms with Crippen LogP contribution in [-0.4, -0.2) is 15.3 Å². The summed E-state index contributed by atoms with van der Waals surface area (Å²) < 4.78 is 1.99. The Labute approximate surface area is 126 Å². The molecule has 2 aromatic carbocycles. The summed E-state index contributed by atoms with van der Waals surface area (Å²) in [6, 6.07) is 14.2. The average molecular weight is 294 g/mol. The smallest absolute Gasteiger partial charge is 0.269 e. The van der Waals surface area contributed by atoms with E-state index in [0.717, 1.165) is 16.5 Å². The highest BCUT2D eigenvalue weighted by Crippen LogP contribution is 2.23. The molecule has 0 aliphatic rings. The molecule has 3 rings (SSSR count). The van der Waals surface area contributed by atoms with Crippen LogP contribution in [-0.2, 0) is 6.54 Å². The predicted molar refractivity (Wildman–Crippen MR) is 84.1 cm³/mol. The normalized spacial score (nSPS) is 10.8. The van der Waals surface area contributed by atoms with Crippen LogP contribution in [0.4, 0.5) is 5.69 Å². The van der Waals surface area contributed by atoms with Crippen molar-refractivity contribution >= 4 is 22.4 Å². The van der Waals surface area contributed by atoms with Crippen LogP contribution in [0.5, 0.6) is 0 Å². The average Bonchev–Trinajstić information content (AvgIpc) is 2.87. The summed E-state index contributed by atoms with van der Waals surface area (Å²) >= 11 is 0. The minimum atomic E-state index is -0.414. The molecule has 22 heavy (non-hydrogen) atoms. The second kappa shape index (κ2) is 5.44. The number of hydrogen-bond donors (Lipinski definition) is 0. The fourth-order valence-corrected chi connectivity index (χ4v) is 2.58. The SMILES string of the molecule is CC(=O)c1cn(Cc2ccc([N+](=O)[O-])cc2)c2ccccc12. The molecule has 0 bridgehead atoms. The molecule has 0 N–H and O–H groups in total. The van der Waals surface area contributed by atoms with Gasteiger partial charge in [0.15, 0.2) is 5.78 Å². The summed E-state index contributed by atoms with van der Waals surface area (Å²) in [5.74, 6) is 0.0265. The monoisotopic (exact) mass is 294 g/mol. The lowest BCUT2D eigenvalue weighted by molar-refractivity contribution is -0.384. The van der Waals surface area contributed by atoms with Crippen LogP contribution in [0.1, 0.15) is 22.8 Å². The van der Waals surface area contributed by atoms with Gasteiger partial charge in [0.05, 0.1) is 4.92 Å². The standard InChI is InChI=1S/C17H14N2O3/c1-12(20)16-11-18(17-5-3-2-4-15(16)17)10-13-6-8-14(9-7-13)19(21)22/h2-9,11H,10H2,1H3. The van der Waals surface area contributed by atoms with Crippen LogP contribution < -0.4 is 0 Å². The Morgan fingerprint density at radius 3 is 2.45 bits per heavy atom. The maximum Gasteiger partial charge on any atom is 0.269 e. The zero-order valence-corrected chi connectivity index (χ0v) is 12.0. The number of carbonyl (C=O) groups excluding carboxylic acids is 1. The third-order valence-electron chi connectivity index (χ3n) is 3.67. The number of aromatic nitrogens is 1. The molecule has 0 radical (unpaired) electrons. The number of ketones is 1. The molecule has 3 aromatic rings. The van der Waals surface area contributed by atoms with Crippen LogP contribution >= 0.6 is 0 Å². The Kier molecular flexibility index (Phi) is 3.47. The van der Waals surface area contributed by atoms with Crippen molar-refractivity contribution < 1.29 is 9.72 Å². The van der Waals surface area contributed by atoms with Gasteiger partial charge in [0.2, 0.25) is 0 Å². The van der Waals surface area contributed by atoms with Gasteiger partial charge in [-0.05, 0) is 18.6 Å². The Morgan fingerprint density at radius 2 is 1.82 bits per heavy atom. The lowest BCUT2D eigenvalue weighted by Gasteiger charge is -2.05. The lowest BCUT2D eigenvalue weighted by atomic mass is 10.1. The fourth-order valence-electron chi connectivity index (χ4n) is 2.58. The van der Waals surface area contributed by atoms with Crippen molar-refractivity contribution in [2.24, 2.45) is 0 Å². The third-order valence-corrected chi connectivity index (χ3v) is 3.67. The molecule has 0 spiro atoms. The first-order valence-corrected chi connectivity index (χ1v) is 6.88. The van der Waals surface area contributed by atoms with Gasteiger partial charge < -0.3 is 4.57 Å². The lowest BCUT2D eigenvalue weighted by Crippen LogP contribution is -1.98. The van der Waals surface area contributed by atoms with Gasteiger partial charge in [-0.2, -0.15) is 0 Å². The third kappa shape index (κ3) is 2.48. The first-order valence-electron chi connectivity index (χ1n) is 6.88. The number of carbonyl (C=O) groups is 1. The van der Waals surface area contributed by atoms with Crippen molar-refractivity contribution in [3.63, 3.8) is 0 Å². The Hall–Kier alpha value is -2.95. The van der Waals surface area contributed by atoms with Gasteiger partial charge >= 0.3 is 0 Å². The van der Waals surface area contributed by atoms with Crippen molar-refractivity contribution in [1.29, 1.82) is 0 Å². The van der Waals surface area contributed by atoms with E-state index in [1.807, 2.05) is 35.0 Å². The predicted octanol–water partition coefficient (Wildman–Crippen LogP) is 3.80. The van der Waals surface area contributed by atoms with Gasteiger partial charge in [-0.25, -0.2) is 0 Å². The van der Waals surface area contributed by atoms with E-state index < -0.39 is 4.92 Å². The van der Waals surface area contributed by atoms with Crippen LogP contribution in [0, 0.1) is 10.1 Å². The van der Waals surface area contributed by atoms with E-state index in [-0.39, 0.29) is 11.5 Å². The quantitative estimate of drug-likeness (QED) is 0.417. The van der Waals surface area contributed by atoms with Crippen LogP contribution in [0.15, 0.2) is 54.7 Å². The number of para-hydroxylation sites is 1. The molecule has 1 aromatic heterocycles. The molecule has 0 amide bonds. The summed E-state index contributed by atoms with van der Waals surface area (Å²) in [5, 5.41) is 11.6. The first kappa shape index (κ1) is 14.0. The molecule has 0 saturated carbocycles. The number of nitro benzene ring substituents is 1. The van der Waals surface area contributed by atoms with Crippen molar-refractivity contribution in [2.45, 2.75) is 13.5 Å². The van der Waals surface area contributed by atoms with Crippen molar-refractivity contribution in [3.8, 4) is 0 Å². The number of nitro groups is 1. The molecule has 0 saturated heterocycles. The van der Waals surface area contributed by atoms with E-state index in [1.165, 1.54) is 12.1 Å². The molecule has 0 fully saturated rings. The van der Waals surface area contributed by atoms with E-state index in [0.29, 0.717) is 12.1 Å². The number of rotatable bonds is 4. The number of non-ortho nitro benzene ring substituents is 1. The van der Waals surface area contributed by atoms with Crippen molar-refractivity contribution in [3.05, 3.63) is 76.0 Å². The van der Waals surface area contributed by atoms with Crippen molar-refractivity contribution in [1.82, 2.24) is 4.57 Å². The molecule has 0 unspecified atom stereocenters. The van der Waals surface area contributed by atoms with Crippen LogP contribution in [0.2, 0.25) is 0 Å². The molecule has 1 heterocycles. The highest BCUT2D eigenvalue weighted by atomic mass is 16.6. The maximum absolute atomic E-state index is 11.8. The van der Waals surface area contributed by atoms with E-state index in [1.54, 1.807) is 19.1 Å². The highest BCUT2D eigenvalue weighted by Gasteiger charge is 2.12. The Morgan fingerprint density at radius 1 is 1.14 bits per heavy atom. The van der Waals surface area contributed by atoms with Gasteiger partial charge in [-0.3, -0.25) is 14.9 Å². The maximum atomic E-state index is 11.8. The summed E-state index contributed by atoms with van der Waals surface area (Å²) in [6.07, 6.45) is 1.84. The summed E-state index contributed by atoms with van der Waals surface area (Å²) in [4.78, 5) is 22.0. The van der Waals surface area contributed by atoms with Gasteiger partial charge in [-0.1, -0.05) is 30.3 Å². The number of hydrogen-bond acceptors (Lipinski definition) is 3. The topological polar surface area (TPSA) is 65.1 Å². The number of nitrogens with zero attached hydrogens (tertiary/aromatic N) is 2. The zero-order valence-electron chi connectivity index (χ0n) is 12.0.